The van der Waals surface area contributed by atoms with Gasteiger partial charge < -0.3 is 10.1 Å². The predicted octanol–water partition coefficient (Wildman–Crippen LogP) is 3.95. The molecule has 1 aromatic heterocycles. The molecule has 0 saturated heterocycles. The number of benzene rings is 2. The molecule has 2 amide bonds. The number of rotatable bonds is 3. The van der Waals surface area contributed by atoms with Gasteiger partial charge in [0.05, 0.1) is 17.3 Å². The molecule has 0 atom stereocenters. The van der Waals surface area contributed by atoms with E-state index in [9.17, 15) is 4.79 Å². The highest BCUT2D eigenvalue weighted by Gasteiger charge is 2.08. The first-order valence-corrected chi connectivity index (χ1v) is 7.14. The van der Waals surface area contributed by atoms with Crippen molar-refractivity contribution in [2.24, 2.45) is 0 Å². The van der Waals surface area contributed by atoms with Gasteiger partial charge in [-0.05, 0) is 24.3 Å². The number of hydrogen-bond acceptors (Lipinski definition) is 4. The second-order valence-electron chi connectivity index (χ2n) is 4.30. The number of para-hydroxylation sites is 1. The third-order valence-electron chi connectivity index (χ3n) is 2.85. The molecule has 106 valence electrons. The third-order valence-corrected chi connectivity index (χ3v) is 3.80. The lowest BCUT2D eigenvalue weighted by Crippen LogP contribution is -2.19. The average molecular weight is 299 g/mol. The molecular weight excluding hydrogens is 286 g/mol. The summed E-state index contributed by atoms with van der Waals surface area (Å²) in [5.74, 6) is 0.744. The summed E-state index contributed by atoms with van der Waals surface area (Å²) >= 11 is 1.42. The first-order chi connectivity index (χ1) is 10.2. The maximum atomic E-state index is 11.9. The zero-order valence-corrected chi connectivity index (χ0v) is 12.1. The molecular formula is C15H13N3O2S. The summed E-state index contributed by atoms with van der Waals surface area (Å²) in [5, 5.41) is 6.03. The Morgan fingerprint density at radius 1 is 1.14 bits per heavy atom. The Balaban J connectivity index is 1.74. The number of nitrogens with zero attached hydrogens (tertiary/aromatic N) is 1. The number of ether oxygens (including phenoxy) is 1. The summed E-state index contributed by atoms with van der Waals surface area (Å²) < 4.78 is 6.15. The number of fused-ring (bicyclic) bond motifs is 1. The van der Waals surface area contributed by atoms with Crippen LogP contribution in [0.3, 0.4) is 0 Å². The van der Waals surface area contributed by atoms with Gasteiger partial charge in [0.15, 0.2) is 5.13 Å². The van der Waals surface area contributed by atoms with Gasteiger partial charge in [0.25, 0.3) is 0 Å². The van der Waals surface area contributed by atoms with Crippen molar-refractivity contribution in [3.8, 4) is 5.75 Å². The van der Waals surface area contributed by atoms with Crippen molar-refractivity contribution in [1.29, 1.82) is 0 Å². The standard InChI is InChI=1S/C15H13N3O2S/c1-20-11-7-8-13-12(9-11)17-15(21-13)18-14(19)16-10-5-3-2-4-6-10/h2-9H,1H3,(H2,16,17,18,19). The normalized spacial score (nSPS) is 10.3. The van der Waals surface area contributed by atoms with Gasteiger partial charge in [-0.15, -0.1) is 0 Å². The van der Waals surface area contributed by atoms with Crippen LogP contribution in [0.1, 0.15) is 0 Å². The molecule has 0 saturated carbocycles. The van der Waals surface area contributed by atoms with Crippen LogP contribution in [-0.2, 0) is 0 Å². The molecule has 0 radical (unpaired) electrons. The number of hydrogen-bond donors (Lipinski definition) is 2. The van der Waals surface area contributed by atoms with E-state index in [1.807, 2.05) is 48.5 Å². The van der Waals surface area contributed by atoms with Gasteiger partial charge >= 0.3 is 6.03 Å². The van der Waals surface area contributed by atoms with Crippen LogP contribution in [0.25, 0.3) is 10.2 Å². The second-order valence-corrected chi connectivity index (χ2v) is 5.33. The summed E-state index contributed by atoms with van der Waals surface area (Å²) in [6.07, 6.45) is 0. The summed E-state index contributed by atoms with van der Waals surface area (Å²) in [6, 6.07) is 14.6. The number of amides is 2. The Morgan fingerprint density at radius 3 is 2.71 bits per heavy atom. The van der Waals surface area contributed by atoms with Crippen molar-refractivity contribution in [2.75, 3.05) is 17.7 Å². The fourth-order valence-electron chi connectivity index (χ4n) is 1.87. The van der Waals surface area contributed by atoms with Crippen molar-refractivity contribution in [1.82, 2.24) is 4.98 Å². The first kappa shape index (κ1) is 13.4. The van der Waals surface area contributed by atoms with Gasteiger partial charge in [-0.3, -0.25) is 5.32 Å². The number of urea groups is 1. The van der Waals surface area contributed by atoms with Gasteiger partial charge in [0.2, 0.25) is 0 Å². The molecule has 0 aliphatic heterocycles. The molecule has 21 heavy (non-hydrogen) atoms. The molecule has 2 N–H and O–H groups in total. The van der Waals surface area contributed by atoms with Crippen molar-refractivity contribution in [3.63, 3.8) is 0 Å². The van der Waals surface area contributed by atoms with Crippen LogP contribution in [0.2, 0.25) is 0 Å². The van der Waals surface area contributed by atoms with Gasteiger partial charge in [-0.1, -0.05) is 29.5 Å². The number of nitrogens with one attached hydrogen (secondary N) is 2. The maximum Gasteiger partial charge on any atom is 0.325 e. The molecule has 2 aromatic carbocycles. The van der Waals surface area contributed by atoms with Crippen LogP contribution >= 0.6 is 11.3 Å². The Hall–Kier alpha value is -2.60. The Bertz CT molecular complexity index is 771. The quantitative estimate of drug-likeness (QED) is 0.769. The molecule has 0 aliphatic rings. The lowest BCUT2D eigenvalue weighted by atomic mass is 10.3. The van der Waals surface area contributed by atoms with E-state index < -0.39 is 0 Å². The van der Waals surface area contributed by atoms with Gasteiger partial charge in [-0.2, -0.15) is 0 Å². The maximum absolute atomic E-state index is 11.9. The van der Waals surface area contributed by atoms with E-state index in [4.69, 9.17) is 4.74 Å². The van der Waals surface area contributed by atoms with Crippen molar-refractivity contribution < 1.29 is 9.53 Å². The minimum Gasteiger partial charge on any atom is -0.497 e. The SMILES string of the molecule is COc1ccc2sc(NC(=O)Nc3ccccc3)nc2c1. The predicted molar refractivity (Wildman–Crippen MR) is 85.3 cm³/mol. The van der Waals surface area contributed by atoms with E-state index in [0.29, 0.717) is 5.13 Å². The van der Waals surface area contributed by atoms with Crippen LogP contribution in [0.15, 0.2) is 48.5 Å². The number of carbonyl (C=O) groups excluding carboxylic acids is 1. The molecule has 0 fully saturated rings. The molecule has 3 aromatic rings. The van der Waals surface area contributed by atoms with E-state index in [1.54, 1.807) is 7.11 Å². The van der Waals surface area contributed by atoms with E-state index in [2.05, 4.69) is 15.6 Å². The fourth-order valence-corrected chi connectivity index (χ4v) is 2.71. The Kier molecular flexibility index (Phi) is 3.70. The number of carbonyl (C=O) groups is 1. The zero-order valence-electron chi connectivity index (χ0n) is 11.3. The largest absolute Gasteiger partial charge is 0.497 e. The highest BCUT2D eigenvalue weighted by Crippen LogP contribution is 2.28. The highest BCUT2D eigenvalue weighted by molar-refractivity contribution is 7.22. The minimum atomic E-state index is -0.313. The zero-order chi connectivity index (χ0) is 14.7. The van der Waals surface area contributed by atoms with E-state index in [-0.39, 0.29) is 6.03 Å². The summed E-state index contributed by atoms with van der Waals surface area (Å²) in [5.41, 5.74) is 1.53. The fraction of sp³-hybridized carbons (Fsp3) is 0.0667. The van der Waals surface area contributed by atoms with Gasteiger partial charge in [0, 0.05) is 11.8 Å². The highest BCUT2D eigenvalue weighted by atomic mass is 32.1. The van der Waals surface area contributed by atoms with Crippen molar-refractivity contribution in [3.05, 3.63) is 48.5 Å². The van der Waals surface area contributed by atoms with Crippen LogP contribution in [-0.4, -0.2) is 18.1 Å². The molecule has 0 aliphatic carbocycles. The third kappa shape index (κ3) is 3.11. The van der Waals surface area contributed by atoms with E-state index in [1.165, 1.54) is 11.3 Å². The molecule has 1 heterocycles. The van der Waals surface area contributed by atoms with Crippen LogP contribution in [0.4, 0.5) is 15.6 Å². The molecule has 5 nitrogen and oxygen atoms in total. The molecule has 0 unspecified atom stereocenters. The summed E-state index contributed by atoms with van der Waals surface area (Å²) in [7, 11) is 1.61. The number of thiazole rings is 1. The summed E-state index contributed by atoms with van der Waals surface area (Å²) in [4.78, 5) is 16.3. The first-order valence-electron chi connectivity index (χ1n) is 6.32. The van der Waals surface area contributed by atoms with Crippen LogP contribution in [0.5, 0.6) is 5.75 Å². The molecule has 0 bridgehead atoms. The number of methoxy groups -OCH3 is 1. The minimum absolute atomic E-state index is 0.313. The van der Waals surface area contributed by atoms with E-state index in [0.717, 1.165) is 21.7 Å². The molecule has 0 spiro atoms. The monoisotopic (exact) mass is 299 g/mol. The Labute approximate surface area is 125 Å². The lowest BCUT2D eigenvalue weighted by Gasteiger charge is -2.04. The Morgan fingerprint density at radius 2 is 1.95 bits per heavy atom. The molecule has 3 rings (SSSR count). The second kappa shape index (κ2) is 5.80. The summed E-state index contributed by atoms with van der Waals surface area (Å²) in [6.45, 7) is 0. The van der Waals surface area contributed by atoms with Crippen LogP contribution < -0.4 is 15.4 Å². The number of aromatic nitrogens is 1. The average Bonchev–Trinajstić information content (AvgIpc) is 2.89. The lowest BCUT2D eigenvalue weighted by molar-refractivity contribution is 0.262. The number of anilines is 2. The van der Waals surface area contributed by atoms with Crippen molar-refractivity contribution in [2.45, 2.75) is 0 Å². The topological polar surface area (TPSA) is 63.2 Å². The van der Waals surface area contributed by atoms with Crippen molar-refractivity contribution >= 4 is 38.4 Å². The van der Waals surface area contributed by atoms with Crippen LogP contribution in [0, 0.1) is 0 Å². The smallest absolute Gasteiger partial charge is 0.325 e. The van der Waals surface area contributed by atoms with Gasteiger partial charge in [0.1, 0.15) is 5.75 Å². The molecule has 6 heteroatoms. The van der Waals surface area contributed by atoms with E-state index >= 15 is 0 Å². The van der Waals surface area contributed by atoms with Gasteiger partial charge in [-0.25, -0.2) is 9.78 Å².